The van der Waals surface area contributed by atoms with Gasteiger partial charge in [-0.3, -0.25) is 9.69 Å². The number of hydrogen-bond donors (Lipinski definition) is 1. The van der Waals surface area contributed by atoms with Crippen LogP contribution in [-0.4, -0.2) is 62.9 Å². The number of carbonyl (C=O) groups is 1. The molecule has 0 saturated carbocycles. The molecule has 1 N–H and O–H groups in total. The van der Waals surface area contributed by atoms with Gasteiger partial charge in [-0.25, -0.2) is 0 Å². The van der Waals surface area contributed by atoms with Crippen LogP contribution in [0, 0.1) is 0 Å². The smallest absolute Gasteiger partial charge is 0.249 e. The van der Waals surface area contributed by atoms with Crippen molar-refractivity contribution in [1.82, 2.24) is 10.2 Å². The first kappa shape index (κ1) is 16.9. The molecule has 5 heteroatoms. The van der Waals surface area contributed by atoms with Crippen LogP contribution in [0.2, 0.25) is 0 Å². The molecule has 22 heavy (non-hydrogen) atoms. The summed E-state index contributed by atoms with van der Waals surface area (Å²) in [5.74, 6) is -0.0586. The summed E-state index contributed by atoms with van der Waals surface area (Å²) in [4.78, 5) is 14.5. The summed E-state index contributed by atoms with van der Waals surface area (Å²) in [6, 6.07) is 10.3. The first-order chi connectivity index (χ1) is 10.7. The molecule has 0 aromatic heterocycles. The average molecular weight is 306 g/mol. The molecule has 0 unspecified atom stereocenters. The second-order valence-electron chi connectivity index (χ2n) is 5.69. The Hall–Kier alpha value is -1.43. The molecule has 1 heterocycles. The Labute approximate surface area is 132 Å². The van der Waals surface area contributed by atoms with E-state index in [0.29, 0.717) is 0 Å². The Morgan fingerprint density at radius 1 is 1.32 bits per heavy atom. The van der Waals surface area contributed by atoms with Crippen LogP contribution in [0.15, 0.2) is 30.3 Å². The highest BCUT2D eigenvalue weighted by molar-refractivity contribution is 5.80. The summed E-state index contributed by atoms with van der Waals surface area (Å²) in [6.45, 7) is 5.97. The van der Waals surface area contributed by atoms with E-state index in [9.17, 15) is 4.79 Å². The Balaban J connectivity index is 1.97. The van der Waals surface area contributed by atoms with Gasteiger partial charge in [-0.2, -0.15) is 0 Å². The quantitative estimate of drug-likeness (QED) is 0.819. The van der Waals surface area contributed by atoms with Crippen molar-refractivity contribution in [1.29, 1.82) is 0 Å². The summed E-state index contributed by atoms with van der Waals surface area (Å²) in [7, 11) is 1.55. The molecule has 1 aromatic rings. The summed E-state index contributed by atoms with van der Waals surface area (Å²) >= 11 is 0. The summed E-state index contributed by atoms with van der Waals surface area (Å²) in [5, 5.41) is 3.12. The van der Waals surface area contributed by atoms with E-state index in [1.807, 2.05) is 18.2 Å². The third-order valence-corrected chi connectivity index (χ3v) is 3.98. The fraction of sp³-hybridized carbons (Fsp3) is 0.588. The van der Waals surface area contributed by atoms with Crippen LogP contribution in [0.3, 0.4) is 0 Å². The lowest BCUT2D eigenvalue weighted by molar-refractivity contribution is -0.131. The summed E-state index contributed by atoms with van der Waals surface area (Å²) < 4.78 is 10.5. The van der Waals surface area contributed by atoms with E-state index in [0.717, 1.165) is 39.3 Å². The lowest BCUT2D eigenvalue weighted by Gasteiger charge is -2.31. The number of benzene rings is 1. The molecular formula is C17H26N2O3. The highest BCUT2D eigenvalue weighted by atomic mass is 16.5. The highest BCUT2D eigenvalue weighted by Crippen LogP contribution is 2.07. The fourth-order valence-corrected chi connectivity index (χ4v) is 2.58. The van der Waals surface area contributed by atoms with Gasteiger partial charge >= 0.3 is 0 Å². The Morgan fingerprint density at radius 2 is 2.00 bits per heavy atom. The van der Waals surface area contributed by atoms with Crippen LogP contribution in [0.4, 0.5) is 0 Å². The van der Waals surface area contributed by atoms with Crippen LogP contribution in [0.1, 0.15) is 12.5 Å². The van der Waals surface area contributed by atoms with Gasteiger partial charge in [0.15, 0.2) is 0 Å². The molecule has 1 aliphatic rings. The van der Waals surface area contributed by atoms with Crippen LogP contribution < -0.4 is 5.32 Å². The van der Waals surface area contributed by atoms with Crippen LogP contribution >= 0.6 is 0 Å². The zero-order chi connectivity index (χ0) is 15.8. The lowest BCUT2D eigenvalue weighted by Crippen LogP contribution is -2.50. The van der Waals surface area contributed by atoms with Crippen molar-refractivity contribution in [3.05, 3.63) is 35.9 Å². The van der Waals surface area contributed by atoms with Crippen LogP contribution in [0.25, 0.3) is 0 Å². The highest BCUT2D eigenvalue weighted by Gasteiger charge is 2.21. The van der Waals surface area contributed by atoms with Crippen molar-refractivity contribution in [3.8, 4) is 0 Å². The number of carbonyl (C=O) groups excluding carboxylic acids is 1. The van der Waals surface area contributed by atoms with Crippen molar-refractivity contribution in [2.24, 2.45) is 0 Å². The molecule has 5 nitrogen and oxygen atoms in total. The first-order valence-corrected chi connectivity index (χ1v) is 7.86. The maximum absolute atomic E-state index is 12.1. The lowest BCUT2D eigenvalue weighted by atomic mass is 10.0. The summed E-state index contributed by atoms with van der Waals surface area (Å²) in [5.41, 5.74) is 1.23. The van der Waals surface area contributed by atoms with Crippen molar-refractivity contribution >= 4 is 5.91 Å². The predicted molar refractivity (Wildman–Crippen MR) is 85.8 cm³/mol. The second kappa shape index (κ2) is 8.88. The summed E-state index contributed by atoms with van der Waals surface area (Å²) in [6.07, 6.45) is 0.392. The number of ether oxygens (including phenoxy) is 2. The maximum Gasteiger partial charge on any atom is 0.249 e. The minimum atomic E-state index is -0.428. The Kier molecular flexibility index (Phi) is 6.83. The molecule has 2 rings (SSSR count). The minimum Gasteiger partial charge on any atom is -0.379 e. The zero-order valence-corrected chi connectivity index (χ0v) is 13.5. The van der Waals surface area contributed by atoms with Gasteiger partial charge in [0.2, 0.25) is 5.91 Å². The molecule has 0 radical (unpaired) electrons. The molecule has 2 atom stereocenters. The monoisotopic (exact) mass is 306 g/mol. The first-order valence-electron chi connectivity index (χ1n) is 7.86. The molecule has 122 valence electrons. The van der Waals surface area contributed by atoms with E-state index in [1.165, 1.54) is 5.56 Å². The van der Waals surface area contributed by atoms with E-state index in [2.05, 4.69) is 22.3 Å². The average Bonchev–Trinajstić information content (AvgIpc) is 2.55. The molecule has 1 fully saturated rings. The van der Waals surface area contributed by atoms with Gasteiger partial charge in [0.05, 0.1) is 13.2 Å². The van der Waals surface area contributed by atoms with Gasteiger partial charge in [-0.05, 0) is 18.9 Å². The third kappa shape index (κ3) is 5.40. The molecule has 0 aliphatic carbocycles. The molecule has 1 saturated heterocycles. The normalized spacial score (nSPS) is 18.6. The number of morpholine rings is 1. The SMILES string of the molecule is CO[C@H](C)C(=O)N[C@@H](Cc1ccccc1)CN1CCOCC1. The number of nitrogens with one attached hydrogen (secondary N) is 1. The van der Waals surface area contributed by atoms with Crippen LogP contribution in [0.5, 0.6) is 0 Å². The molecule has 1 amide bonds. The maximum atomic E-state index is 12.1. The minimum absolute atomic E-state index is 0.0586. The second-order valence-corrected chi connectivity index (χ2v) is 5.69. The zero-order valence-electron chi connectivity index (χ0n) is 13.5. The van der Waals surface area contributed by atoms with Crippen molar-refractivity contribution in [3.63, 3.8) is 0 Å². The number of amides is 1. The van der Waals surface area contributed by atoms with E-state index in [-0.39, 0.29) is 11.9 Å². The molecule has 0 spiro atoms. The Morgan fingerprint density at radius 3 is 2.64 bits per heavy atom. The van der Waals surface area contributed by atoms with Gasteiger partial charge in [0.25, 0.3) is 0 Å². The number of nitrogens with zero attached hydrogens (tertiary/aromatic N) is 1. The molecule has 0 bridgehead atoms. The fourth-order valence-electron chi connectivity index (χ4n) is 2.58. The van der Waals surface area contributed by atoms with E-state index < -0.39 is 6.10 Å². The molecule has 1 aliphatic heterocycles. The van der Waals surface area contributed by atoms with Crippen LogP contribution in [-0.2, 0) is 20.7 Å². The van der Waals surface area contributed by atoms with Crippen molar-refractivity contribution in [2.75, 3.05) is 40.0 Å². The van der Waals surface area contributed by atoms with Crippen molar-refractivity contribution in [2.45, 2.75) is 25.5 Å². The Bertz CT molecular complexity index is 446. The standard InChI is InChI=1S/C17H26N2O3/c1-14(21-2)17(20)18-16(12-15-6-4-3-5-7-15)13-19-8-10-22-11-9-19/h3-7,14,16H,8-13H2,1-2H3,(H,18,20)/t14-,16+/m1/s1. The predicted octanol–water partition coefficient (Wildman–Crippen LogP) is 1.08. The van der Waals surface area contributed by atoms with Gasteiger partial charge in [-0.15, -0.1) is 0 Å². The third-order valence-electron chi connectivity index (χ3n) is 3.98. The van der Waals surface area contributed by atoms with Gasteiger partial charge in [0.1, 0.15) is 6.10 Å². The topological polar surface area (TPSA) is 50.8 Å². The number of hydrogen-bond acceptors (Lipinski definition) is 4. The van der Waals surface area contributed by atoms with Crippen molar-refractivity contribution < 1.29 is 14.3 Å². The van der Waals surface area contributed by atoms with Gasteiger partial charge in [-0.1, -0.05) is 30.3 Å². The largest absolute Gasteiger partial charge is 0.379 e. The van der Waals surface area contributed by atoms with Gasteiger partial charge < -0.3 is 14.8 Å². The number of methoxy groups -OCH3 is 1. The van der Waals surface area contributed by atoms with E-state index in [4.69, 9.17) is 9.47 Å². The molecular weight excluding hydrogens is 280 g/mol. The molecule has 1 aromatic carbocycles. The van der Waals surface area contributed by atoms with E-state index in [1.54, 1.807) is 14.0 Å². The van der Waals surface area contributed by atoms with E-state index >= 15 is 0 Å². The number of rotatable bonds is 7. The van der Waals surface area contributed by atoms with Gasteiger partial charge in [0, 0.05) is 32.8 Å².